The van der Waals surface area contributed by atoms with Gasteiger partial charge in [0.1, 0.15) is 17.3 Å². The maximum absolute atomic E-state index is 13.5. The van der Waals surface area contributed by atoms with Crippen LogP contribution in [-0.2, 0) is 12.6 Å². The molecule has 0 bridgehead atoms. The number of nitrogens with two attached hydrogens (primary N) is 2. The van der Waals surface area contributed by atoms with E-state index in [-0.39, 0.29) is 23.7 Å². The molecule has 3 aromatic rings. The molecule has 2 aromatic heterocycles. The molecule has 0 amide bonds. The van der Waals surface area contributed by atoms with Crippen molar-refractivity contribution < 1.29 is 18.0 Å². The van der Waals surface area contributed by atoms with E-state index in [9.17, 15) is 18.0 Å². The van der Waals surface area contributed by atoms with Gasteiger partial charge in [-0.05, 0) is 43.2 Å². The Hall–Kier alpha value is -3.46. The monoisotopic (exact) mass is 429 g/mol. The zero-order valence-corrected chi connectivity index (χ0v) is 16.8. The largest absolute Gasteiger partial charge is 0.418 e. The number of alkyl halides is 3. The number of rotatable bonds is 7. The van der Waals surface area contributed by atoms with Crippen LogP contribution in [0, 0.1) is 0 Å². The second kappa shape index (κ2) is 8.73. The molecule has 1 unspecified atom stereocenters. The highest BCUT2D eigenvalue weighted by Gasteiger charge is 2.37. The summed E-state index contributed by atoms with van der Waals surface area (Å²) in [6.07, 6.45) is -2.88. The van der Waals surface area contributed by atoms with E-state index in [2.05, 4.69) is 15.3 Å². The SMILES string of the molecule is CC(N)(CNc1ccc(C(F)(F)F)c(C(=O)c2cccnc2N)n1)Cc1ccccc1. The van der Waals surface area contributed by atoms with E-state index in [1.165, 1.54) is 24.4 Å². The van der Waals surface area contributed by atoms with Gasteiger partial charge in [-0.15, -0.1) is 0 Å². The lowest BCUT2D eigenvalue weighted by molar-refractivity contribution is -0.138. The van der Waals surface area contributed by atoms with Gasteiger partial charge in [0.15, 0.2) is 0 Å². The third-order valence-corrected chi connectivity index (χ3v) is 4.62. The normalized spacial score (nSPS) is 13.5. The molecule has 0 fully saturated rings. The summed E-state index contributed by atoms with van der Waals surface area (Å²) in [5.74, 6) is -1.02. The van der Waals surface area contributed by atoms with Crippen LogP contribution in [0.25, 0.3) is 0 Å². The molecule has 9 heteroatoms. The lowest BCUT2D eigenvalue weighted by atomic mass is 9.94. The fraction of sp³-hybridized carbons (Fsp3) is 0.227. The fourth-order valence-corrected chi connectivity index (χ4v) is 3.11. The topological polar surface area (TPSA) is 107 Å². The van der Waals surface area contributed by atoms with Crippen LogP contribution in [0.15, 0.2) is 60.8 Å². The van der Waals surface area contributed by atoms with Crippen molar-refractivity contribution in [1.82, 2.24) is 9.97 Å². The summed E-state index contributed by atoms with van der Waals surface area (Å²) in [5, 5.41) is 2.94. The summed E-state index contributed by atoms with van der Waals surface area (Å²) in [6, 6.07) is 14.3. The van der Waals surface area contributed by atoms with Crippen molar-refractivity contribution in [3.8, 4) is 0 Å². The molecule has 0 saturated carbocycles. The highest BCUT2D eigenvalue weighted by atomic mass is 19.4. The number of nitrogen functional groups attached to an aromatic ring is 1. The molecule has 0 saturated heterocycles. The number of carbonyl (C=O) groups excluding carboxylic acids is 1. The number of nitrogens with one attached hydrogen (secondary N) is 1. The highest BCUT2D eigenvalue weighted by molar-refractivity contribution is 6.11. The van der Waals surface area contributed by atoms with Gasteiger partial charge in [0, 0.05) is 18.3 Å². The van der Waals surface area contributed by atoms with Crippen LogP contribution < -0.4 is 16.8 Å². The van der Waals surface area contributed by atoms with Gasteiger partial charge in [-0.3, -0.25) is 4.79 Å². The molecule has 0 aliphatic carbocycles. The number of pyridine rings is 2. The Morgan fingerprint density at radius 1 is 1.06 bits per heavy atom. The molecular weight excluding hydrogens is 407 g/mol. The van der Waals surface area contributed by atoms with Gasteiger partial charge in [-0.1, -0.05) is 30.3 Å². The van der Waals surface area contributed by atoms with Crippen LogP contribution in [0.5, 0.6) is 0 Å². The van der Waals surface area contributed by atoms with Crippen LogP contribution in [0.4, 0.5) is 24.8 Å². The molecule has 5 N–H and O–H groups in total. The van der Waals surface area contributed by atoms with Gasteiger partial charge in [-0.25, -0.2) is 9.97 Å². The first-order valence-electron chi connectivity index (χ1n) is 9.47. The Bertz CT molecular complexity index is 1070. The van der Waals surface area contributed by atoms with Crippen molar-refractivity contribution in [1.29, 1.82) is 0 Å². The molecule has 0 radical (unpaired) electrons. The van der Waals surface area contributed by atoms with Gasteiger partial charge < -0.3 is 16.8 Å². The quantitative estimate of drug-likeness (QED) is 0.495. The summed E-state index contributed by atoms with van der Waals surface area (Å²) in [4.78, 5) is 20.5. The van der Waals surface area contributed by atoms with E-state index in [0.717, 1.165) is 11.6 Å². The second-order valence-corrected chi connectivity index (χ2v) is 7.53. The summed E-state index contributed by atoms with van der Waals surface area (Å²) in [7, 11) is 0. The average molecular weight is 429 g/mol. The number of nitrogens with zero attached hydrogens (tertiary/aromatic N) is 2. The van der Waals surface area contributed by atoms with E-state index in [0.29, 0.717) is 6.42 Å². The first-order valence-corrected chi connectivity index (χ1v) is 9.47. The summed E-state index contributed by atoms with van der Waals surface area (Å²) in [5.41, 5.74) is 10.3. The number of benzene rings is 1. The zero-order chi connectivity index (χ0) is 22.6. The minimum Gasteiger partial charge on any atom is -0.383 e. The van der Waals surface area contributed by atoms with Crippen LogP contribution in [-0.4, -0.2) is 27.8 Å². The van der Waals surface area contributed by atoms with Gasteiger partial charge >= 0.3 is 6.18 Å². The van der Waals surface area contributed by atoms with Crippen molar-refractivity contribution in [3.05, 3.63) is 83.2 Å². The van der Waals surface area contributed by atoms with Crippen LogP contribution >= 0.6 is 0 Å². The fourth-order valence-electron chi connectivity index (χ4n) is 3.11. The van der Waals surface area contributed by atoms with E-state index in [4.69, 9.17) is 11.5 Å². The lowest BCUT2D eigenvalue weighted by Gasteiger charge is -2.25. The Balaban J connectivity index is 1.86. The molecule has 31 heavy (non-hydrogen) atoms. The van der Waals surface area contributed by atoms with E-state index >= 15 is 0 Å². The van der Waals surface area contributed by atoms with Gasteiger partial charge in [0.05, 0.1) is 11.1 Å². The number of hydrogen-bond acceptors (Lipinski definition) is 6. The third-order valence-electron chi connectivity index (χ3n) is 4.62. The molecule has 162 valence electrons. The van der Waals surface area contributed by atoms with Gasteiger partial charge in [0.25, 0.3) is 0 Å². The Morgan fingerprint density at radius 3 is 2.42 bits per heavy atom. The van der Waals surface area contributed by atoms with Crippen molar-refractivity contribution in [2.24, 2.45) is 5.73 Å². The Labute approximate surface area is 177 Å². The smallest absolute Gasteiger partial charge is 0.383 e. The van der Waals surface area contributed by atoms with Gasteiger partial charge in [-0.2, -0.15) is 13.2 Å². The average Bonchev–Trinajstić information content (AvgIpc) is 2.72. The first kappa shape index (κ1) is 22.2. The minimum absolute atomic E-state index is 0.101. The summed E-state index contributed by atoms with van der Waals surface area (Å²) in [6.45, 7) is 2.04. The second-order valence-electron chi connectivity index (χ2n) is 7.53. The maximum atomic E-state index is 13.5. The van der Waals surface area contributed by atoms with E-state index in [1.54, 1.807) is 0 Å². The standard InChI is InChI=1S/C22H22F3N5O/c1-21(27,12-14-6-3-2-4-7-14)13-29-17-10-9-16(22(23,24)25)18(30-17)19(31)15-8-5-11-28-20(15)26/h2-11H,12-13,27H2,1H3,(H2,26,28)(H,29,30). The molecule has 1 aromatic carbocycles. The number of aromatic nitrogens is 2. The Morgan fingerprint density at radius 2 is 1.77 bits per heavy atom. The van der Waals surface area contributed by atoms with E-state index in [1.807, 2.05) is 37.3 Å². The van der Waals surface area contributed by atoms with Crippen molar-refractivity contribution in [2.75, 3.05) is 17.6 Å². The molecular formula is C22H22F3N5O. The van der Waals surface area contributed by atoms with Crippen molar-refractivity contribution in [2.45, 2.75) is 25.1 Å². The number of anilines is 2. The molecule has 1 atom stereocenters. The third kappa shape index (κ3) is 5.58. The number of halogens is 3. The molecule has 6 nitrogen and oxygen atoms in total. The number of hydrogen-bond donors (Lipinski definition) is 3. The molecule has 0 aliphatic heterocycles. The predicted molar refractivity (Wildman–Crippen MR) is 113 cm³/mol. The summed E-state index contributed by atoms with van der Waals surface area (Å²) < 4.78 is 40.5. The maximum Gasteiger partial charge on any atom is 0.418 e. The molecule has 0 spiro atoms. The predicted octanol–water partition coefficient (Wildman–Crippen LogP) is 3.68. The van der Waals surface area contributed by atoms with Crippen molar-refractivity contribution >= 4 is 17.4 Å². The summed E-state index contributed by atoms with van der Waals surface area (Å²) >= 11 is 0. The lowest BCUT2D eigenvalue weighted by Crippen LogP contribution is -2.45. The van der Waals surface area contributed by atoms with Crippen LogP contribution in [0.1, 0.15) is 34.1 Å². The Kier molecular flexibility index (Phi) is 6.26. The minimum atomic E-state index is -4.76. The van der Waals surface area contributed by atoms with Gasteiger partial charge in [0.2, 0.25) is 5.78 Å². The van der Waals surface area contributed by atoms with E-state index < -0.39 is 28.8 Å². The highest BCUT2D eigenvalue weighted by Crippen LogP contribution is 2.33. The van der Waals surface area contributed by atoms with Crippen LogP contribution in [0.3, 0.4) is 0 Å². The zero-order valence-electron chi connectivity index (χ0n) is 16.8. The molecule has 3 rings (SSSR count). The molecule has 2 heterocycles. The molecule has 0 aliphatic rings. The first-order chi connectivity index (χ1) is 14.6. The number of carbonyl (C=O) groups is 1. The number of ketones is 1. The van der Waals surface area contributed by atoms with Crippen LogP contribution in [0.2, 0.25) is 0 Å². The van der Waals surface area contributed by atoms with Crippen molar-refractivity contribution in [3.63, 3.8) is 0 Å².